The van der Waals surface area contributed by atoms with Gasteiger partial charge in [-0.3, -0.25) is 0 Å². The summed E-state index contributed by atoms with van der Waals surface area (Å²) >= 11 is 0. The van der Waals surface area contributed by atoms with Crippen molar-refractivity contribution in [3.8, 4) is 0 Å². The van der Waals surface area contributed by atoms with Crippen LogP contribution >= 0.6 is 0 Å². The van der Waals surface area contributed by atoms with E-state index >= 15 is 0 Å². The van der Waals surface area contributed by atoms with Crippen LogP contribution in [-0.2, 0) is 0 Å². The second-order valence-electron chi connectivity index (χ2n) is 4.96. The topological polar surface area (TPSA) is 12.0 Å². The SMILES string of the molecule is CCNC(C)C(C)c1ccc(C(C)C)cc1. The monoisotopic (exact) mass is 219 g/mol. The number of hydrogen-bond donors (Lipinski definition) is 1. The highest BCUT2D eigenvalue weighted by Gasteiger charge is 2.13. The molecule has 0 radical (unpaired) electrons. The van der Waals surface area contributed by atoms with Crippen LogP contribution in [0, 0.1) is 0 Å². The Labute approximate surface area is 100 Å². The van der Waals surface area contributed by atoms with Crippen molar-refractivity contribution in [1.82, 2.24) is 5.32 Å². The van der Waals surface area contributed by atoms with Crippen molar-refractivity contribution in [2.75, 3.05) is 6.54 Å². The number of likely N-dealkylation sites (N-methyl/N-ethyl adjacent to an activating group) is 1. The van der Waals surface area contributed by atoms with Gasteiger partial charge in [-0.1, -0.05) is 52.0 Å². The van der Waals surface area contributed by atoms with Crippen molar-refractivity contribution < 1.29 is 0 Å². The highest BCUT2D eigenvalue weighted by atomic mass is 14.9. The van der Waals surface area contributed by atoms with Crippen LogP contribution in [0.4, 0.5) is 0 Å². The van der Waals surface area contributed by atoms with Gasteiger partial charge in [0.05, 0.1) is 0 Å². The van der Waals surface area contributed by atoms with E-state index in [9.17, 15) is 0 Å². The summed E-state index contributed by atoms with van der Waals surface area (Å²) in [6, 6.07) is 9.60. The van der Waals surface area contributed by atoms with Crippen LogP contribution in [0.2, 0.25) is 0 Å². The van der Waals surface area contributed by atoms with E-state index in [1.807, 2.05) is 0 Å². The van der Waals surface area contributed by atoms with E-state index in [2.05, 4.69) is 64.2 Å². The van der Waals surface area contributed by atoms with E-state index in [1.165, 1.54) is 11.1 Å². The summed E-state index contributed by atoms with van der Waals surface area (Å²) in [5, 5.41) is 3.48. The van der Waals surface area contributed by atoms with Crippen molar-refractivity contribution in [2.24, 2.45) is 0 Å². The molecule has 0 saturated carbocycles. The summed E-state index contributed by atoms with van der Waals surface area (Å²) < 4.78 is 0. The minimum atomic E-state index is 0.537. The Balaban J connectivity index is 2.73. The lowest BCUT2D eigenvalue weighted by Gasteiger charge is -2.21. The van der Waals surface area contributed by atoms with E-state index < -0.39 is 0 Å². The van der Waals surface area contributed by atoms with Gasteiger partial charge in [0.25, 0.3) is 0 Å². The van der Waals surface area contributed by atoms with Gasteiger partial charge in [0.15, 0.2) is 0 Å². The molecule has 0 aliphatic carbocycles. The Morgan fingerprint density at radius 3 is 1.88 bits per heavy atom. The zero-order valence-electron chi connectivity index (χ0n) is 11.2. The van der Waals surface area contributed by atoms with E-state index in [0.717, 1.165) is 6.54 Å². The molecule has 0 aliphatic heterocycles. The number of nitrogens with one attached hydrogen (secondary N) is 1. The van der Waals surface area contributed by atoms with E-state index in [-0.39, 0.29) is 0 Å². The van der Waals surface area contributed by atoms with Crippen molar-refractivity contribution in [1.29, 1.82) is 0 Å². The first-order chi connectivity index (χ1) is 7.56. The van der Waals surface area contributed by atoms with Crippen molar-refractivity contribution >= 4 is 0 Å². The molecule has 1 nitrogen and oxygen atoms in total. The van der Waals surface area contributed by atoms with Crippen LogP contribution in [0.15, 0.2) is 24.3 Å². The molecule has 0 heterocycles. The van der Waals surface area contributed by atoms with Crippen LogP contribution in [0.3, 0.4) is 0 Å². The molecular formula is C15H25N. The van der Waals surface area contributed by atoms with E-state index in [4.69, 9.17) is 0 Å². The zero-order chi connectivity index (χ0) is 12.1. The molecule has 0 amide bonds. The molecular weight excluding hydrogens is 194 g/mol. The Morgan fingerprint density at radius 1 is 0.938 bits per heavy atom. The second-order valence-corrected chi connectivity index (χ2v) is 4.96. The lowest BCUT2D eigenvalue weighted by molar-refractivity contribution is 0.495. The normalized spacial score (nSPS) is 15.1. The Morgan fingerprint density at radius 2 is 1.44 bits per heavy atom. The van der Waals surface area contributed by atoms with Crippen LogP contribution in [0.1, 0.15) is 57.6 Å². The minimum Gasteiger partial charge on any atom is -0.314 e. The Hall–Kier alpha value is -0.820. The molecule has 2 unspecified atom stereocenters. The smallest absolute Gasteiger partial charge is 0.0105 e. The first kappa shape index (κ1) is 13.2. The Kier molecular flexibility index (Phi) is 5.01. The third kappa shape index (κ3) is 3.34. The molecule has 0 spiro atoms. The van der Waals surface area contributed by atoms with Gasteiger partial charge in [-0.25, -0.2) is 0 Å². The van der Waals surface area contributed by atoms with E-state index in [1.54, 1.807) is 0 Å². The third-order valence-electron chi connectivity index (χ3n) is 3.41. The molecule has 1 aromatic rings. The van der Waals surface area contributed by atoms with Gasteiger partial charge in [0.1, 0.15) is 0 Å². The average molecular weight is 219 g/mol. The summed E-state index contributed by atoms with van der Waals surface area (Å²) in [4.78, 5) is 0. The molecule has 0 saturated heterocycles. The Bertz CT molecular complexity index is 300. The molecule has 16 heavy (non-hydrogen) atoms. The van der Waals surface area contributed by atoms with Crippen LogP contribution in [0.5, 0.6) is 0 Å². The molecule has 1 heteroatoms. The fourth-order valence-electron chi connectivity index (χ4n) is 1.97. The molecule has 0 aliphatic rings. The number of benzene rings is 1. The third-order valence-corrected chi connectivity index (χ3v) is 3.41. The molecule has 0 aromatic heterocycles. The summed E-state index contributed by atoms with van der Waals surface area (Å²) in [5.41, 5.74) is 2.85. The maximum atomic E-state index is 3.48. The van der Waals surface area contributed by atoms with Crippen LogP contribution in [0.25, 0.3) is 0 Å². The maximum Gasteiger partial charge on any atom is 0.0105 e. The van der Waals surface area contributed by atoms with Gasteiger partial charge in [-0.05, 0) is 36.4 Å². The highest BCUT2D eigenvalue weighted by Crippen LogP contribution is 2.22. The predicted octanol–water partition coefficient (Wildman–Crippen LogP) is 3.91. The second kappa shape index (κ2) is 6.05. The first-order valence-corrected chi connectivity index (χ1v) is 6.39. The number of hydrogen-bond acceptors (Lipinski definition) is 1. The highest BCUT2D eigenvalue weighted by molar-refractivity contribution is 5.27. The molecule has 90 valence electrons. The van der Waals surface area contributed by atoms with Crippen LogP contribution < -0.4 is 5.32 Å². The van der Waals surface area contributed by atoms with Gasteiger partial charge in [-0.15, -0.1) is 0 Å². The molecule has 2 atom stereocenters. The van der Waals surface area contributed by atoms with Crippen molar-refractivity contribution in [2.45, 2.75) is 52.5 Å². The van der Waals surface area contributed by atoms with Crippen molar-refractivity contribution in [3.63, 3.8) is 0 Å². The fourth-order valence-corrected chi connectivity index (χ4v) is 1.97. The predicted molar refractivity (Wildman–Crippen MR) is 72.1 cm³/mol. The molecule has 0 fully saturated rings. The number of rotatable bonds is 5. The average Bonchev–Trinajstić information content (AvgIpc) is 2.28. The van der Waals surface area contributed by atoms with Gasteiger partial charge in [0.2, 0.25) is 0 Å². The largest absolute Gasteiger partial charge is 0.314 e. The molecule has 1 N–H and O–H groups in total. The lowest BCUT2D eigenvalue weighted by Crippen LogP contribution is -2.30. The van der Waals surface area contributed by atoms with Gasteiger partial charge >= 0.3 is 0 Å². The summed E-state index contributed by atoms with van der Waals surface area (Å²) in [5.74, 6) is 1.19. The van der Waals surface area contributed by atoms with Gasteiger partial charge in [-0.2, -0.15) is 0 Å². The maximum absolute atomic E-state index is 3.48. The minimum absolute atomic E-state index is 0.537. The standard InChI is InChI=1S/C15H25N/c1-6-16-13(5)12(4)15-9-7-14(8-10-15)11(2)3/h7-13,16H,6H2,1-5H3. The molecule has 1 aromatic carbocycles. The fraction of sp³-hybridized carbons (Fsp3) is 0.600. The zero-order valence-corrected chi connectivity index (χ0v) is 11.2. The molecule has 1 rings (SSSR count). The van der Waals surface area contributed by atoms with Gasteiger partial charge < -0.3 is 5.32 Å². The quantitative estimate of drug-likeness (QED) is 0.791. The summed E-state index contributed by atoms with van der Waals surface area (Å²) in [7, 11) is 0. The summed E-state index contributed by atoms with van der Waals surface area (Å²) in [6.07, 6.45) is 0. The van der Waals surface area contributed by atoms with Crippen LogP contribution in [-0.4, -0.2) is 12.6 Å². The van der Waals surface area contributed by atoms with E-state index in [0.29, 0.717) is 17.9 Å². The lowest BCUT2D eigenvalue weighted by atomic mass is 9.92. The molecule has 0 bridgehead atoms. The summed E-state index contributed by atoms with van der Waals surface area (Å²) in [6.45, 7) is 12.2. The van der Waals surface area contributed by atoms with Gasteiger partial charge in [0, 0.05) is 6.04 Å². The van der Waals surface area contributed by atoms with Crippen molar-refractivity contribution in [3.05, 3.63) is 35.4 Å². The first-order valence-electron chi connectivity index (χ1n) is 6.39.